The highest BCUT2D eigenvalue weighted by Gasteiger charge is 2.14. The molecular formula is C16H19NO4. The average Bonchev–Trinajstić information content (AvgIpc) is 3.08. The Hall–Kier alpha value is -1.98. The Labute approximate surface area is 124 Å². The van der Waals surface area contributed by atoms with E-state index in [0.717, 1.165) is 36.1 Å². The van der Waals surface area contributed by atoms with Crippen LogP contribution in [0, 0.1) is 0 Å². The van der Waals surface area contributed by atoms with Gasteiger partial charge in [-0.25, -0.2) is 0 Å². The highest BCUT2D eigenvalue weighted by Crippen LogP contribution is 2.32. The van der Waals surface area contributed by atoms with Crippen LogP contribution in [-0.4, -0.2) is 25.9 Å². The van der Waals surface area contributed by atoms with E-state index in [-0.39, 0.29) is 0 Å². The van der Waals surface area contributed by atoms with Crippen molar-refractivity contribution in [3.8, 4) is 11.5 Å². The predicted octanol–water partition coefficient (Wildman–Crippen LogP) is 2.79. The topological polar surface area (TPSA) is 44.1 Å². The number of methoxy groups -OCH3 is 1. The number of hydrogen-bond acceptors (Lipinski definition) is 5. The number of fused-ring (bicyclic) bond motifs is 1. The lowest BCUT2D eigenvalue weighted by Gasteiger charge is -2.15. The summed E-state index contributed by atoms with van der Waals surface area (Å²) >= 11 is 0. The summed E-state index contributed by atoms with van der Waals surface area (Å²) in [6, 6.07) is 9.98. The van der Waals surface area contributed by atoms with Crippen LogP contribution in [0.5, 0.6) is 11.5 Å². The van der Waals surface area contributed by atoms with Gasteiger partial charge in [-0.15, -0.1) is 0 Å². The summed E-state index contributed by atoms with van der Waals surface area (Å²) in [7, 11) is 3.72. The summed E-state index contributed by atoms with van der Waals surface area (Å²) in [5, 5.41) is 0. The van der Waals surface area contributed by atoms with Gasteiger partial charge >= 0.3 is 0 Å². The second-order valence-electron chi connectivity index (χ2n) is 5.16. The molecule has 0 radical (unpaired) electrons. The lowest BCUT2D eigenvalue weighted by atomic mass is 10.2. The minimum atomic E-state index is 0.309. The van der Waals surface area contributed by atoms with Gasteiger partial charge in [0.2, 0.25) is 6.79 Å². The van der Waals surface area contributed by atoms with Crippen molar-refractivity contribution in [2.24, 2.45) is 0 Å². The van der Waals surface area contributed by atoms with Crippen molar-refractivity contribution < 1.29 is 18.6 Å². The van der Waals surface area contributed by atoms with Crippen molar-refractivity contribution in [1.29, 1.82) is 0 Å². The standard InChI is InChI=1S/C16H19NO4/c1-17(9-13-4-5-14(21-13)10-18-2)8-12-3-6-15-16(7-12)20-11-19-15/h3-7H,8-11H2,1-2H3. The zero-order valence-corrected chi connectivity index (χ0v) is 12.3. The van der Waals surface area contributed by atoms with Gasteiger partial charge in [0, 0.05) is 13.7 Å². The Morgan fingerprint density at radius 2 is 1.86 bits per heavy atom. The van der Waals surface area contributed by atoms with E-state index in [9.17, 15) is 0 Å². The zero-order chi connectivity index (χ0) is 14.7. The highest BCUT2D eigenvalue weighted by atomic mass is 16.7. The van der Waals surface area contributed by atoms with Gasteiger partial charge in [0.1, 0.15) is 18.1 Å². The van der Waals surface area contributed by atoms with E-state index < -0.39 is 0 Å². The second-order valence-corrected chi connectivity index (χ2v) is 5.16. The number of rotatable bonds is 6. The lowest BCUT2D eigenvalue weighted by Crippen LogP contribution is -2.16. The molecule has 0 bridgehead atoms. The molecule has 0 aliphatic carbocycles. The first-order valence-corrected chi connectivity index (χ1v) is 6.88. The van der Waals surface area contributed by atoms with E-state index in [1.165, 1.54) is 5.56 Å². The molecule has 1 aromatic heterocycles. The van der Waals surface area contributed by atoms with Crippen LogP contribution in [0.3, 0.4) is 0 Å². The van der Waals surface area contributed by atoms with Crippen molar-refractivity contribution in [2.75, 3.05) is 21.0 Å². The second kappa shape index (κ2) is 6.20. The maximum absolute atomic E-state index is 5.70. The summed E-state index contributed by atoms with van der Waals surface area (Å²) in [6.07, 6.45) is 0. The highest BCUT2D eigenvalue weighted by molar-refractivity contribution is 5.44. The smallest absolute Gasteiger partial charge is 0.231 e. The molecule has 1 aliphatic heterocycles. The van der Waals surface area contributed by atoms with Crippen molar-refractivity contribution >= 4 is 0 Å². The van der Waals surface area contributed by atoms with E-state index >= 15 is 0 Å². The molecule has 21 heavy (non-hydrogen) atoms. The minimum absolute atomic E-state index is 0.309. The molecule has 0 amide bonds. The van der Waals surface area contributed by atoms with Crippen molar-refractivity contribution in [1.82, 2.24) is 4.90 Å². The summed E-state index contributed by atoms with van der Waals surface area (Å²) < 4.78 is 21.5. The van der Waals surface area contributed by atoms with E-state index in [1.807, 2.05) is 24.3 Å². The van der Waals surface area contributed by atoms with Crippen LogP contribution >= 0.6 is 0 Å². The molecule has 0 atom stereocenters. The maximum atomic E-state index is 5.70. The van der Waals surface area contributed by atoms with Crippen molar-refractivity contribution in [3.05, 3.63) is 47.4 Å². The first kappa shape index (κ1) is 14.0. The quantitative estimate of drug-likeness (QED) is 0.818. The summed E-state index contributed by atoms with van der Waals surface area (Å²) in [5.74, 6) is 3.42. The van der Waals surface area contributed by atoms with Crippen LogP contribution in [-0.2, 0) is 24.4 Å². The average molecular weight is 289 g/mol. The van der Waals surface area contributed by atoms with Gasteiger partial charge < -0.3 is 18.6 Å². The van der Waals surface area contributed by atoms with Crippen LogP contribution < -0.4 is 9.47 Å². The molecule has 0 unspecified atom stereocenters. The Bertz CT molecular complexity index is 608. The normalized spacial score (nSPS) is 13.1. The van der Waals surface area contributed by atoms with Crippen LogP contribution in [0.1, 0.15) is 17.1 Å². The molecule has 112 valence electrons. The van der Waals surface area contributed by atoms with E-state index in [4.69, 9.17) is 18.6 Å². The molecule has 1 aliphatic rings. The third kappa shape index (κ3) is 3.37. The van der Waals surface area contributed by atoms with Gasteiger partial charge in [-0.1, -0.05) is 6.07 Å². The Balaban J connectivity index is 1.59. The van der Waals surface area contributed by atoms with E-state index in [2.05, 4.69) is 18.0 Å². The Morgan fingerprint density at radius 3 is 2.71 bits per heavy atom. The van der Waals surface area contributed by atoms with E-state index in [0.29, 0.717) is 13.4 Å². The maximum Gasteiger partial charge on any atom is 0.231 e. The third-order valence-corrected chi connectivity index (χ3v) is 3.32. The first-order chi connectivity index (χ1) is 10.2. The zero-order valence-electron chi connectivity index (χ0n) is 12.3. The minimum Gasteiger partial charge on any atom is -0.462 e. The van der Waals surface area contributed by atoms with Gasteiger partial charge in [-0.05, 0) is 36.9 Å². The van der Waals surface area contributed by atoms with Gasteiger partial charge in [0.05, 0.1) is 6.54 Å². The summed E-state index contributed by atoms with van der Waals surface area (Å²) in [4.78, 5) is 2.19. The SMILES string of the molecule is COCc1ccc(CN(C)Cc2ccc3c(c2)OCO3)o1. The monoisotopic (exact) mass is 289 g/mol. The fourth-order valence-electron chi connectivity index (χ4n) is 2.40. The van der Waals surface area contributed by atoms with Crippen LogP contribution in [0.2, 0.25) is 0 Å². The lowest BCUT2D eigenvalue weighted by molar-refractivity contribution is 0.160. The van der Waals surface area contributed by atoms with Crippen LogP contribution in [0.25, 0.3) is 0 Å². The molecular weight excluding hydrogens is 270 g/mol. The first-order valence-electron chi connectivity index (χ1n) is 6.88. The fourth-order valence-corrected chi connectivity index (χ4v) is 2.40. The van der Waals surface area contributed by atoms with E-state index in [1.54, 1.807) is 7.11 Å². The molecule has 0 saturated heterocycles. The van der Waals surface area contributed by atoms with Gasteiger partial charge in [0.15, 0.2) is 11.5 Å². The van der Waals surface area contributed by atoms with Crippen molar-refractivity contribution in [2.45, 2.75) is 19.7 Å². The number of benzene rings is 1. The molecule has 2 heterocycles. The van der Waals surface area contributed by atoms with Crippen LogP contribution in [0.4, 0.5) is 0 Å². The molecule has 2 aromatic rings. The molecule has 0 saturated carbocycles. The summed E-state index contributed by atoms with van der Waals surface area (Å²) in [5.41, 5.74) is 1.19. The van der Waals surface area contributed by atoms with Gasteiger partial charge in [-0.3, -0.25) is 4.90 Å². The van der Waals surface area contributed by atoms with Crippen molar-refractivity contribution in [3.63, 3.8) is 0 Å². The largest absolute Gasteiger partial charge is 0.462 e. The Morgan fingerprint density at radius 1 is 1.05 bits per heavy atom. The number of hydrogen-bond donors (Lipinski definition) is 0. The molecule has 3 rings (SSSR count). The Kier molecular flexibility index (Phi) is 4.13. The van der Waals surface area contributed by atoms with Gasteiger partial charge in [-0.2, -0.15) is 0 Å². The number of ether oxygens (including phenoxy) is 3. The third-order valence-electron chi connectivity index (χ3n) is 3.32. The summed E-state index contributed by atoms with van der Waals surface area (Å²) in [6.45, 7) is 2.38. The number of nitrogens with zero attached hydrogens (tertiary/aromatic N) is 1. The predicted molar refractivity (Wildman–Crippen MR) is 77.2 cm³/mol. The molecule has 5 nitrogen and oxygen atoms in total. The molecule has 5 heteroatoms. The van der Waals surface area contributed by atoms with Gasteiger partial charge in [0.25, 0.3) is 0 Å². The number of furan rings is 1. The molecule has 0 spiro atoms. The molecule has 1 aromatic carbocycles. The fraction of sp³-hybridized carbons (Fsp3) is 0.375. The molecule has 0 fully saturated rings. The molecule has 0 N–H and O–H groups in total. The van der Waals surface area contributed by atoms with Crippen LogP contribution in [0.15, 0.2) is 34.7 Å².